The molecule has 29 heavy (non-hydrogen) atoms. The summed E-state index contributed by atoms with van der Waals surface area (Å²) in [6.07, 6.45) is 1.67. The number of aryl methyl sites for hydroxylation is 1. The molecule has 2 aromatic rings. The maximum Gasteiger partial charge on any atom is 0.407 e. The lowest BCUT2D eigenvalue weighted by Gasteiger charge is -2.19. The summed E-state index contributed by atoms with van der Waals surface area (Å²) in [5.41, 5.74) is 1.59. The van der Waals surface area contributed by atoms with Crippen LogP contribution in [0.25, 0.3) is 5.13 Å². The number of ether oxygens (including phenoxy) is 2. The summed E-state index contributed by atoms with van der Waals surface area (Å²) in [6, 6.07) is 1.78. The number of esters is 1. The molecule has 2 rings (SSSR count). The zero-order chi connectivity index (χ0) is 21.6. The van der Waals surface area contributed by atoms with Gasteiger partial charge in [-0.3, -0.25) is 14.2 Å². The monoisotopic (exact) mass is 421 g/mol. The molecule has 0 saturated carbocycles. The van der Waals surface area contributed by atoms with E-state index < -0.39 is 17.7 Å². The lowest BCUT2D eigenvalue weighted by atomic mass is 10.1. The standard InChI is InChI=1S/C20H27N3O5S/c1-13-11-15(14(2)23(13)18-21-9-10-29-18)16(24)12-27-17(25)7-6-8-22-19(26)28-20(3,4)5/h9-11H,6-8,12H2,1-5H3,(H,22,26). The number of amides is 1. The average molecular weight is 422 g/mol. The predicted molar refractivity (Wildman–Crippen MR) is 110 cm³/mol. The summed E-state index contributed by atoms with van der Waals surface area (Å²) in [7, 11) is 0. The molecule has 0 aliphatic heterocycles. The van der Waals surface area contributed by atoms with Gasteiger partial charge in [0.1, 0.15) is 5.60 Å². The highest BCUT2D eigenvalue weighted by Crippen LogP contribution is 2.22. The van der Waals surface area contributed by atoms with Gasteiger partial charge in [-0.05, 0) is 47.1 Å². The Kier molecular flexibility index (Phi) is 7.55. The van der Waals surface area contributed by atoms with E-state index in [-0.39, 0.29) is 25.4 Å². The van der Waals surface area contributed by atoms with E-state index >= 15 is 0 Å². The third-order valence-corrected chi connectivity index (χ3v) is 4.69. The molecule has 0 atom stereocenters. The van der Waals surface area contributed by atoms with Gasteiger partial charge in [0.25, 0.3) is 0 Å². The second-order valence-corrected chi connectivity index (χ2v) is 8.42. The van der Waals surface area contributed by atoms with Crippen LogP contribution in [0.4, 0.5) is 4.79 Å². The number of rotatable bonds is 8. The molecule has 0 radical (unpaired) electrons. The van der Waals surface area contributed by atoms with Gasteiger partial charge in [-0.15, -0.1) is 11.3 Å². The molecule has 0 fully saturated rings. The topological polar surface area (TPSA) is 99.5 Å². The van der Waals surface area contributed by atoms with Gasteiger partial charge in [0, 0.05) is 41.5 Å². The number of nitrogens with one attached hydrogen (secondary N) is 1. The first kappa shape index (κ1) is 22.6. The SMILES string of the molecule is Cc1cc(C(=O)COC(=O)CCCNC(=O)OC(C)(C)C)c(C)n1-c1nccs1. The van der Waals surface area contributed by atoms with E-state index in [9.17, 15) is 14.4 Å². The molecule has 8 nitrogen and oxygen atoms in total. The first-order chi connectivity index (χ1) is 13.6. The van der Waals surface area contributed by atoms with E-state index in [1.54, 1.807) is 33.0 Å². The first-order valence-electron chi connectivity index (χ1n) is 9.33. The van der Waals surface area contributed by atoms with Crippen LogP contribution in [0.5, 0.6) is 0 Å². The van der Waals surface area contributed by atoms with Gasteiger partial charge in [0.2, 0.25) is 5.78 Å². The number of aromatic nitrogens is 2. The molecule has 2 heterocycles. The molecule has 158 valence electrons. The molecule has 0 aromatic carbocycles. The predicted octanol–water partition coefficient (Wildman–Crippen LogP) is 3.58. The van der Waals surface area contributed by atoms with Crippen LogP contribution < -0.4 is 5.32 Å². The maximum atomic E-state index is 12.5. The largest absolute Gasteiger partial charge is 0.457 e. The number of alkyl carbamates (subject to hydrolysis) is 1. The van der Waals surface area contributed by atoms with Crippen LogP contribution in [0.1, 0.15) is 55.4 Å². The van der Waals surface area contributed by atoms with Crippen LogP contribution in [0.15, 0.2) is 17.6 Å². The number of nitrogens with zero attached hydrogens (tertiary/aromatic N) is 2. The second-order valence-electron chi connectivity index (χ2n) is 7.55. The van der Waals surface area contributed by atoms with Gasteiger partial charge in [-0.2, -0.15) is 0 Å². The van der Waals surface area contributed by atoms with Crippen LogP contribution in [0, 0.1) is 13.8 Å². The highest BCUT2D eigenvalue weighted by molar-refractivity contribution is 7.12. The molecular weight excluding hydrogens is 394 g/mol. The quantitative estimate of drug-likeness (QED) is 0.397. The minimum Gasteiger partial charge on any atom is -0.457 e. The van der Waals surface area contributed by atoms with Gasteiger partial charge in [0.15, 0.2) is 11.7 Å². The van der Waals surface area contributed by atoms with E-state index in [0.717, 1.165) is 16.5 Å². The smallest absolute Gasteiger partial charge is 0.407 e. The zero-order valence-corrected chi connectivity index (χ0v) is 18.2. The van der Waals surface area contributed by atoms with E-state index in [1.807, 2.05) is 23.8 Å². The molecule has 0 saturated heterocycles. The summed E-state index contributed by atoms with van der Waals surface area (Å²) in [4.78, 5) is 40.1. The Morgan fingerprint density at radius 2 is 1.97 bits per heavy atom. The van der Waals surface area contributed by atoms with Crippen LogP contribution in [0.3, 0.4) is 0 Å². The molecular formula is C20H27N3O5S. The fourth-order valence-corrected chi connectivity index (χ4v) is 3.45. The molecule has 0 unspecified atom stereocenters. The summed E-state index contributed by atoms with van der Waals surface area (Å²) in [5, 5.41) is 5.23. The van der Waals surface area contributed by atoms with E-state index in [1.165, 1.54) is 11.3 Å². The maximum absolute atomic E-state index is 12.5. The van der Waals surface area contributed by atoms with Crippen LogP contribution >= 0.6 is 11.3 Å². The Hall–Kier alpha value is -2.68. The summed E-state index contributed by atoms with van der Waals surface area (Å²) < 4.78 is 12.1. The van der Waals surface area contributed by atoms with Crippen LogP contribution in [-0.4, -0.2) is 46.1 Å². The Bertz CT molecular complexity index is 866. The number of carbonyl (C=O) groups is 3. The number of hydrogen-bond acceptors (Lipinski definition) is 7. The molecule has 9 heteroatoms. The van der Waals surface area contributed by atoms with Gasteiger partial charge in [-0.25, -0.2) is 9.78 Å². The minimum absolute atomic E-state index is 0.0984. The minimum atomic E-state index is -0.571. The second kappa shape index (κ2) is 9.69. The molecule has 0 bridgehead atoms. The Balaban J connectivity index is 1.77. The Morgan fingerprint density at radius 1 is 1.24 bits per heavy atom. The number of carbonyl (C=O) groups excluding carboxylic acids is 3. The molecule has 2 aromatic heterocycles. The van der Waals surface area contributed by atoms with Crippen molar-refractivity contribution >= 4 is 29.2 Å². The van der Waals surface area contributed by atoms with Crippen molar-refractivity contribution < 1.29 is 23.9 Å². The normalized spacial score (nSPS) is 11.2. The van der Waals surface area contributed by atoms with Crippen molar-refractivity contribution in [1.29, 1.82) is 0 Å². The van der Waals surface area contributed by atoms with Crippen molar-refractivity contribution in [2.24, 2.45) is 0 Å². The van der Waals surface area contributed by atoms with E-state index in [2.05, 4.69) is 10.3 Å². The third kappa shape index (κ3) is 6.70. The van der Waals surface area contributed by atoms with Crippen molar-refractivity contribution in [3.05, 3.63) is 34.6 Å². The van der Waals surface area contributed by atoms with Crippen molar-refractivity contribution in [3.63, 3.8) is 0 Å². The Morgan fingerprint density at radius 3 is 2.59 bits per heavy atom. The fraction of sp³-hybridized carbons (Fsp3) is 0.500. The molecule has 1 N–H and O–H groups in total. The van der Waals surface area contributed by atoms with Crippen LogP contribution in [-0.2, 0) is 14.3 Å². The first-order valence-corrected chi connectivity index (χ1v) is 10.2. The molecule has 1 amide bonds. The number of thiazole rings is 1. The van der Waals surface area contributed by atoms with E-state index in [0.29, 0.717) is 12.0 Å². The van der Waals surface area contributed by atoms with Gasteiger partial charge in [-0.1, -0.05) is 0 Å². The van der Waals surface area contributed by atoms with Crippen molar-refractivity contribution in [3.8, 4) is 5.13 Å². The Labute approximate surface area is 174 Å². The number of ketones is 1. The zero-order valence-electron chi connectivity index (χ0n) is 17.4. The lowest BCUT2D eigenvalue weighted by Crippen LogP contribution is -2.33. The van der Waals surface area contributed by atoms with Gasteiger partial charge < -0.3 is 14.8 Å². The van der Waals surface area contributed by atoms with Crippen molar-refractivity contribution in [2.75, 3.05) is 13.2 Å². The summed E-state index contributed by atoms with van der Waals surface area (Å²) >= 11 is 1.48. The highest BCUT2D eigenvalue weighted by Gasteiger charge is 2.19. The molecule has 0 aliphatic rings. The average Bonchev–Trinajstić information content (AvgIpc) is 3.23. The van der Waals surface area contributed by atoms with Crippen LogP contribution in [0.2, 0.25) is 0 Å². The third-order valence-electron chi connectivity index (χ3n) is 3.93. The van der Waals surface area contributed by atoms with Crippen molar-refractivity contribution in [2.45, 2.75) is 53.1 Å². The lowest BCUT2D eigenvalue weighted by molar-refractivity contribution is -0.142. The van der Waals surface area contributed by atoms with Gasteiger partial charge >= 0.3 is 12.1 Å². The van der Waals surface area contributed by atoms with E-state index in [4.69, 9.17) is 9.47 Å². The highest BCUT2D eigenvalue weighted by atomic mass is 32.1. The fourth-order valence-electron chi connectivity index (χ4n) is 2.70. The summed E-state index contributed by atoms with van der Waals surface area (Å²) in [5.74, 6) is -0.751. The number of hydrogen-bond donors (Lipinski definition) is 1. The summed E-state index contributed by atoms with van der Waals surface area (Å²) in [6.45, 7) is 9.02. The van der Waals surface area contributed by atoms with Crippen molar-refractivity contribution in [1.82, 2.24) is 14.9 Å². The number of Topliss-reactive ketones (excluding diaryl/α,β-unsaturated/α-hetero) is 1. The molecule has 0 spiro atoms. The molecule has 0 aliphatic carbocycles. The van der Waals surface area contributed by atoms with Gasteiger partial charge in [0.05, 0.1) is 0 Å².